The Morgan fingerprint density at radius 2 is 1.84 bits per heavy atom. The van der Waals surface area contributed by atoms with Crippen molar-refractivity contribution in [3.05, 3.63) is 69.7 Å². The van der Waals surface area contributed by atoms with Gasteiger partial charge in [0.1, 0.15) is 0 Å². The SMILES string of the molecule is O=C(N[C@@H]1CCc2ccccc21)c1ccc(Br)cc1. The zero-order valence-corrected chi connectivity index (χ0v) is 12.0. The van der Waals surface area contributed by atoms with Crippen LogP contribution in [0.25, 0.3) is 0 Å². The highest BCUT2D eigenvalue weighted by atomic mass is 79.9. The number of nitrogens with one attached hydrogen (secondary N) is 1. The van der Waals surface area contributed by atoms with Gasteiger partial charge in [-0.1, -0.05) is 40.2 Å². The van der Waals surface area contributed by atoms with Crippen molar-refractivity contribution in [1.29, 1.82) is 0 Å². The molecule has 0 aliphatic heterocycles. The molecule has 0 unspecified atom stereocenters. The molecule has 0 heterocycles. The summed E-state index contributed by atoms with van der Waals surface area (Å²) in [6.45, 7) is 0. The molecule has 2 nitrogen and oxygen atoms in total. The molecule has 19 heavy (non-hydrogen) atoms. The van der Waals surface area contributed by atoms with Crippen LogP contribution in [0.3, 0.4) is 0 Å². The summed E-state index contributed by atoms with van der Waals surface area (Å²) in [6, 6.07) is 15.9. The molecular formula is C16H14BrNO. The van der Waals surface area contributed by atoms with Gasteiger partial charge in [0.25, 0.3) is 5.91 Å². The van der Waals surface area contributed by atoms with E-state index in [2.05, 4.69) is 39.4 Å². The van der Waals surface area contributed by atoms with Crippen molar-refractivity contribution in [3.8, 4) is 0 Å². The predicted octanol–water partition coefficient (Wildman–Crippen LogP) is 3.87. The number of aryl methyl sites for hydroxylation is 1. The predicted molar refractivity (Wildman–Crippen MR) is 79.1 cm³/mol. The maximum absolute atomic E-state index is 12.2. The van der Waals surface area contributed by atoms with Crippen LogP contribution in [0.1, 0.15) is 33.9 Å². The topological polar surface area (TPSA) is 29.1 Å². The Hall–Kier alpha value is -1.61. The van der Waals surface area contributed by atoms with Crippen molar-refractivity contribution in [2.24, 2.45) is 0 Å². The molecule has 0 saturated carbocycles. The Labute approximate surface area is 121 Å². The van der Waals surface area contributed by atoms with Gasteiger partial charge in [0.2, 0.25) is 0 Å². The van der Waals surface area contributed by atoms with Gasteiger partial charge in [-0.3, -0.25) is 4.79 Å². The third-order valence-corrected chi connectivity index (χ3v) is 4.07. The Bertz CT molecular complexity index is 606. The molecule has 1 aliphatic rings. The molecule has 0 saturated heterocycles. The van der Waals surface area contributed by atoms with E-state index in [9.17, 15) is 4.79 Å². The number of carbonyl (C=O) groups excluding carboxylic acids is 1. The molecule has 1 amide bonds. The molecule has 0 aromatic heterocycles. The summed E-state index contributed by atoms with van der Waals surface area (Å²) < 4.78 is 0.982. The second-order valence-electron chi connectivity index (χ2n) is 4.77. The first kappa shape index (κ1) is 12.4. The van der Waals surface area contributed by atoms with Crippen molar-refractivity contribution in [3.63, 3.8) is 0 Å². The number of amides is 1. The summed E-state index contributed by atoms with van der Waals surface area (Å²) in [5, 5.41) is 3.12. The van der Waals surface area contributed by atoms with Crippen molar-refractivity contribution in [1.82, 2.24) is 5.32 Å². The van der Waals surface area contributed by atoms with E-state index in [0.29, 0.717) is 5.56 Å². The van der Waals surface area contributed by atoms with Crippen molar-refractivity contribution in [2.45, 2.75) is 18.9 Å². The van der Waals surface area contributed by atoms with Crippen LogP contribution in [0, 0.1) is 0 Å². The van der Waals surface area contributed by atoms with Gasteiger partial charge in [0.05, 0.1) is 6.04 Å². The number of hydrogen-bond donors (Lipinski definition) is 1. The average molecular weight is 316 g/mol. The fraction of sp³-hybridized carbons (Fsp3) is 0.188. The van der Waals surface area contributed by atoms with E-state index in [-0.39, 0.29) is 11.9 Å². The minimum absolute atomic E-state index is 0.00537. The van der Waals surface area contributed by atoms with Gasteiger partial charge in [-0.2, -0.15) is 0 Å². The highest BCUT2D eigenvalue weighted by Crippen LogP contribution is 2.30. The van der Waals surface area contributed by atoms with Crippen LogP contribution in [0.2, 0.25) is 0 Å². The summed E-state index contributed by atoms with van der Waals surface area (Å²) in [6.07, 6.45) is 2.03. The quantitative estimate of drug-likeness (QED) is 0.895. The molecule has 96 valence electrons. The zero-order valence-electron chi connectivity index (χ0n) is 10.4. The maximum atomic E-state index is 12.2. The molecule has 3 heteroatoms. The van der Waals surface area contributed by atoms with E-state index in [1.165, 1.54) is 11.1 Å². The van der Waals surface area contributed by atoms with Crippen LogP contribution >= 0.6 is 15.9 Å². The molecule has 0 bridgehead atoms. The lowest BCUT2D eigenvalue weighted by molar-refractivity contribution is 0.0936. The number of benzene rings is 2. The van der Waals surface area contributed by atoms with E-state index in [1.807, 2.05) is 30.3 Å². The number of fused-ring (bicyclic) bond motifs is 1. The van der Waals surface area contributed by atoms with Crippen molar-refractivity contribution >= 4 is 21.8 Å². The fourth-order valence-corrected chi connectivity index (χ4v) is 2.81. The van der Waals surface area contributed by atoms with Crippen LogP contribution in [0.15, 0.2) is 53.0 Å². The summed E-state index contributed by atoms with van der Waals surface area (Å²) in [7, 11) is 0. The summed E-state index contributed by atoms with van der Waals surface area (Å²) >= 11 is 3.37. The molecule has 1 N–H and O–H groups in total. The van der Waals surface area contributed by atoms with Gasteiger partial charge in [0, 0.05) is 10.0 Å². The molecule has 1 aliphatic carbocycles. The first-order chi connectivity index (χ1) is 9.24. The highest BCUT2D eigenvalue weighted by molar-refractivity contribution is 9.10. The molecule has 3 rings (SSSR count). The largest absolute Gasteiger partial charge is 0.345 e. The minimum atomic E-state index is -0.00537. The van der Waals surface area contributed by atoms with Crippen LogP contribution in [0.4, 0.5) is 0 Å². The number of carbonyl (C=O) groups is 1. The van der Waals surface area contributed by atoms with Gasteiger partial charge < -0.3 is 5.32 Å². The van der Waals surface area contributed by atoms with Crippen LogP contribution < -0.4 is 5.32 Å². The second-order valence-corrected chi connectivity index (χ2v) is 5.69. The first-order valence-corrected chi connectivity index (χ1v) is 7.17. The molecule has 0 spiro atoms. The highest BCUT2D eigenvalue weighted by Gasteiger charge is 2.23. The van der Waals surface area contributed by atoms with E-state index < -0.39 is 0 Å². The number of hydrogen-bond acceptors (Lipinski definition) is 1. The third kappa shape index (κ3) is 2.56. The maximum Gasteiger partial charge on any atom is 0.251 e. The molecule has 0 radical (unpaired) electrons. The summed E-state index contributed by atoms with van der Waals surface area (Å²) in [5.41, 5.74) is 3.31. The molecule has 2 aromatic rings. The Morgan fingerprint density at radius 3 is 2.63 bits per heavy atom. The number of rotatable bonds is 2. The Morgan fingerprint density at radius 1 is 1.11 bits per heavy atom. The molecule has 1 atom stereocenters. The smallest absolute Gasteiger partial charge is 0.251 e. The minimum Gasteiger partial charge on any atom is -0.345 e. The normalized spacial score (nSPS) is 17.0. The van der Waals surface area contributed by atoms with E-state index in [4.69, 9.17) is 0 Å². The first-order valence-electron chi connectivity index (χ1n) is 6.38. The van der Waals surface area contributed by atoms with Gasteiger partial charge in [-0.05, 0) is 48.2 Å². The third-order valence-electron chi connectivity index (χ3n) is 3.54. The Kier molecular flexibility index (Phi) is 3.38. The van der Waals surface area contributed by atoms with Crippen LogP contribution in [-0.4, -0.2) is 5.91 Å². The summed E-state index contributed by atoms with van der Waals surface area (Å²) in [4.78, 5) is 12.2. The van der Waals surface area contributed by atoms with Gasteiger partial charge in [-0.25, -0.2) is 0 Å². The Balaban J connectivity index is 1.76. The second kappa shape index (κ2) is 5.17. The lowest BCUT2D eigenvalue weighted by atomic mass is 10.1. The monoisotopic (exact) mass is 315 g/mol. The average Bonchev–Trinajstić information content (AvgIpc) is 2.83. The van der Waals surface area contributed by atoms with Crippen molar-refractivity contribution < 1.29 is 4.79 Å². The standard InChI is InChI=1S/C16H14BrNO/c17-13-8-5-12(6-9-13)16(19)18-15-10-7-11-3-1-2-4-14(11)15/h1-6,8-9,15H,7,10H2,(H,18,19)/t15-/m1/s1. The zero-order chi connectivity index (χ0) is 13.2. The van der Waals surface area contributed by atoms with E-state index >= 15 is 0 Å². The number of halogens is 1. The lowest BCUT2D eigenvalue weighted by Crippen LogP contribution is -2.27. The molecular weight excluding hydrogens is 302 g/mol. The van der Waals surface area contributed by atoms with Gasteiger partial charge in [-0.15, -0.1) is 0 Å². The van der Waals surface area contributed by atoms with Gasteiger partial charge >= 0.3 is 0 Å². The molecule has 2 aromatic carbocycles. The van der Waals surface area contributed by atoms with E-state index in [1.54, 1.807) is 0 Å². The van der Waals surface area contributed by atoms with Crippen LogP contribution in [-0.2, 0) is 6.42 Å². The van der Waals surface area contributed by atoms with Crippen LogP contribution in [0.5, 0.6) is 0 Å². The summed E-state index contributed by atoms with van der Waals surface area (Å²) in [5.74, 6) is -0.00537. The molecule has 0 fully saturated rings. The van der Waals surface area contributed by atoms with Gasteiger partial charge in [0.15, 0.2) is 0 Å². The lowest BCUT2D eigenvalue weighted by Gasteiger charge is -2.14. The van der Waals surface area contributed by atoms with E-state index in [0.717, 1.165) is 17.3 Å². The van der Waals surface area contributed by atoms with Crippen molar-refractivity contribution in [2.75, 3.05) is 0 Å². The fourth-order valence-electron chi connectivity index (χ4n) is 2.55.